The summed E-state index contributed by atoms with van der Waals surface area (Å²) in [6, 6.07) is 19.7. The summed E-state index contributed by atoms with van der Waals surface area (Å²) >= 11 is 0. The zero-order chi connectivity index (χ0) is 27.3. The number of amides is 3. The number of benzene rings is 3. The van der Waals surface area contributed by atoms with Crippen LogP contribution in [0, 0.1) is 6.92 Å². The fraction of sp³-hybridized carbons (Fsp3) is 0.214. The number of aryl methyl sites for hydroxylation is 1. The SMILES string of the molecule is COc1ccc(CCNC(=O)C(=O)N/N=C\c2ccccc2OCC(=O)Nc2ccc(C)cc2)cc1OC. The molecule has 0 heterocycles. The maximum atomic E-state index is 12.2. The van der Waals surface area contributed by atoms with Gasteiger partial charge in [0.05, 0.1) is 20.4 Å². The normalized spacial score (nSPS) is 10.5. The lowest BCUT2D eigenvalue weighted by atomic mass is 10.1. The van der Waals surface area contributed by atoms with Crippen LogP contribution in [0.15, 0.2) is 71.8 Å². The summed E-state index contributed by atoms with van der Waals surface area (Å²) in [5, 5.41) is 9.14. The van der Waals surface area contributed by atoms with Crippen LogP contribution in [0.5, 0.6) is 17.2 Å². The van der Waals surface area contributed by atoms with Crippen LogP contribution in [-0.4, -0.2) is 51.3 Å². The highest BCUT2D eigenvalue weighted by Crippen LogP contribution is 2.27. The Morgan fingerprint density at radius 2 is 1.61 bits per heavy atom. The zero-order valence-electron chi connectivity index (χ0n) is 21.4. The van der Waals surface area contributed by atoms with Crippen molar-refractivity contribution in [3.63, 3.8) is 0 Å². The van der Waals surface area contributed by atoms with E-state index in [4.69, 9.17) is 14.2 Å². The highest BCUT2D eigenvalue weighted by Gasteiger charge is 2.13. The molecule has 3 aromatic rings. The van der Waals surface area contributed by atoms with Crippen molar-refractivity contribution in [2.45, 2.75) is 13.3 Å². The lowest BCUT2D eigenvalue weighted by Crippen LogP contribution is -2.38. The van der Waals surface area contributed by atoms with Crippen LogP contribution in [0.1, 0.15) is 16.7 Å². The summed E-state index contributed by atoms with van der Waals surface area (Å²) in [5.41, 5.74) is 5.38. The molecule has 0 aliphatic heterocycles. The molecule has 3 rings (SSSR count). The first kappa shape index (κ1) is 27.7. The molecule has 0 unspecified atom stereocenters. The predicted molar refractivity (Wildman–Crippen MR) is 144 cm³/mol. The number of carbonyl (C=O) groups excluding carboxylic acids is 3. The van der Waals surface area contributed by atoms with Gasteiger partial charge in [-0.05, 0) is 55.3 Å². The molecule has 0 fully saturated rings. The average molecular weight is 519 g/mol. The monoisotopic (exact) mass is 518 g/mol. The van der Waals surface area contributed by atoms with E-state index in [0.717, 1.165) is 11.1 Å². The topological polar surface area (TPSA) is 127 Å². The van der Waals surface area contributed by atoms with E-state index in [1.165, 1.54) is 6.21 Å². The molecule has 0 saturated carbocycles. The van der Waals surface area contributed by atoms with Crippen molar-refractivity contribution in [2.75, 3.05) is 32.7 Å². The summed E-state index contributed by atoms with van der Waals surface area (Å²) < 4.78 is 16.1. The van der Waals surface area contributed by atoms with Gasteiger partial charge in [-0.3, -0.25) is 14.4 Å². The molecule has 0 bridgehead atoms. The number of methoxy groups -OCH3 is 2. The molecule has 3 amide bonds. The fourth-order valence-corrected chi connectivity index (χ4v) is 3.34. The van der Waals surface area contributed by atoms with Gasteiger partial charge in [-0.15, -0.1) is 0 Å². The molecule has 0 radical (unpaired) electrons. The first-order valence-electron chi connectivity index (χ1n) is 11.8. The minimum Gasteiger partial charge on any atom is -0.493 e. The van der Waals surface area contributed by atoms with E-state index in [-0.39, 0.29) is 19.1 Å². The number of ether oxygens (including phenoxy) is 3. The average Bonchev–Trinajstić information content (AvgIpc) is 2.93. The lowest BCUT2D eigenvalue weighted by Gasteiger charge is -2.10. The molecule has 38 heavy (non-hydrogen) atoms. The highest BCUT2D eigenvalue weighted by atomic mass is 16.5. The summed E-state index contributed by atoms with van der Waals surface area (Å²) in [6.07, 6.45) is 1.83. The van der Waals surface area contributed by atoms with E-state index in [0.29, 0.717) is 34.9 Å². The number of nitrogens with zero attached hydrogens (tertiary/aromatic N) is 1. The van der Waals surface area contributed by atoms with Gasteiger partial charge in [0, 0.05) is 17.8 Å². The molecule has 198 valence electrons. The number of hydrogen-bond donors (Lipinski definition) is 3. The molecular weight excluding hydrogens is 488 g/mol. The number of anilines is 1. The van der Waals surface area contributed by atoms with E-state index in [2.05, 4.69) is 21.2 Å². The zero-order valence-corrected chi connectivity index (χ0v) is 21.4. The van der Waals surface area contributed by atoms with Crippen molar-refractivity contribution in [1.82, 2.24) is 10.7 Å². The van der Waals surface area contributed by atoms with Gasteiger partial charge >= 0.3 is 11.8 Å². The smallest absolute Gasteiger partial charge is 0.329 e. The summed E-state index contributed by atoms with van der Waals surface area (Å²) in [6.45, 7) is 1.99. The van der Waals surface area contributed by atoms with Gasteiger partial charge in [0.1, 0.15) is 5.75 Å². The van der Waals surface area contributed by atoms with Gasteiger partial charge in [-0.2, -0.15) is 5.10 Å². The van der Waals surface area contributed by atoms with E-state index in [9.17, 15) is 14.4 Å². The van der Waals surface area contributed by atoms with Crippen LogP contribution in [0.25, 0.3) is 0 Å². The Hall–Kier alpha value is -4.86. The molecule has 0 saturated heterocycles. The standard InChI is InChI=1S/C28H30N4O6/c1-19-8-11-22(12-9-19)31-26(33)18-38-23-7-5-4-6-21(23)17-30-32-28(35)27(34)29-15-14-20-10-13-24(36-2)25(16-20)37-3/h4-13,16-17H,14-15,18H2,1-3H3,(H,29,34)(H,31,33)(H,32,35)/b30-17-. The molecule has 0 atom stereocenters. The van der Waals surface area contributed by atoms with E-state index >= 15 is 0 Å². The third-order valence-corrected chi connectivity index (χ3v) is 5.34. The third kappa shape index (κ3) is 8.37. The van der Waals surface area contributed by atoms with Gasteiger partial charge in [0.25, 0.3) is 5.91 Å². The molecule has 3 aromatic carbocycles. The molecule has 0 spiro atoms. The molecule has 10 nitrogen and oxygen atoms in total. The molecule has 10 heteroatoms. The Bertz CT molecular complexity index is 1290. The summed E-state index contributed by atoms with van der Waals surface area (Å²) in [4.78, 5) is 36.4. The second-order valence-electron chi connectivity index (χ2n) is 8.14. The number of hydrazone groups is 1. The maximum absolute atomic E-state index is 12.2. The van der Waals surface area contributed by atoms with Gasteiger partial charge < -0.3 is 24.8 Å². The van der Waals surface area contributed by atoms with Crippen LogP contribution in [0.4, 0.5) is 5.69 Å². The Kier molecular flexibility index (Phi) is 10.2. The van der Waals surface area contributed by atoms with E-state index < -0.39 is 11.8 Å². The fourth-order valence-electron chi connectivity index (χ4n) is 3.34. The number of para-hydroxylation sites is 1. The quantitative estimate of drug-likeness (QED) is 0.204. The first-order valence-corrected chi connectivity index (χ1v) is 11.8. The Morgan fingerprint density at radius 3 is 2.34 bits per heavy atom. The second-order valence-corrected chi connectivity index (χ2v) is 8.14. The van der Waals surface area contributed by atoms with Crippen LogP contribution >= 0.6 is 0 Å². The van der Waals surface area contributed by atoms with Crippen molar-refractivity contribution < 1.29 is 28.6 Å². The summed E-state index contributed by atoms with van der Waals surface area (Å²) in [7, 11) is 3.10. The number of rotatable bonds is 11. The molecular formula is C28H30N4O6. The van der Waals surface area contributed by atoms with Gasteiger partial charge in [-0.25, -0.2) is 5.43 Å². The minimum atomic E-state index is -0.913. The second kappa shape index (κ2) is 14.0. The largest absolute Gasteiger partial charge is 0.493 e. The highest BCUT2D eigenvalue weighted by molar-refractivity contribution is 6.35. The van der Waals surface area contributed by atoms with Crippen LogP contribution in [0.2, 0.25) is 0 Å². The van der Waals surface area contributed by atoms with Crippen molar-refractivity contribution in [3.8, 4) is 17.2 Å². The molecule has 3 N–H and O–H groups in total. The van der Waals surface area contributed by atoms with Gasteiger partial charge in [0.2, 0.25) is 0 Å². The Labute approximate surface area is 221 Å². The van der Waals surface area contributed by atoms with Crippen molar-refractivity contribution in [1.29, 1.82) is 0 Å². The van der Waals surface area contributed by atoms with Gasteiger partial charge in [0.15, 0.2) is 18.1 Å². The van der Waals surface area contributed by atoms with E-state index in [1.807, 2.05) is 37.3 Å². The van der Waals surface area contributed by atoms with Crippen molar-refractivity contribution in [3.05, 3.63) is 83.4 Å². The van der Waals surface area contributed by atoms with Crippen LogP contribution in [0.3, 0.4) is 0 Å². The number of hydrogen-bond acceptors (Lipinski definition) is 7. The molecule has 0 aliphatic rings. The molecule has 0 aromatic heterocycles. The maximum Gasteiger partial charge on any atom is 0.329 e. The van der Waals surface area contributed by atoms with Crippen molar-refractivity contribution in [2.24, 2.45) is 5.10 Å². The predicted octanol–water partition coefficient (Wildman–Crippen LogP) is 2.84. The van der Waals surface area contributed by atoms with Crippen LogP contribution < -0.4 is 30.3 Å². The third-order valence-electron chi connectivity index (χ3n) is 5.34. The minimum absolute atomic E-state index is 0.215. The lowest BCUT2D eigenvalue weighted by molar-refractivity contribution is -0.139. The van der Waals surface area contributed by atoms with Crippen molar-refractivity contribution >= 4 is 29.6 Å². The van der Waals surface area contributed by atoms with E-state index in [1.54, 1.807) is 50.6 Å². The van der Waals surface area contributed by atoms with Gasteiger partial charge in [-0.1, -0.05) is 35.9 Å². The summed E-state index contributed by atoms with van der Waals surface area (Å²) in [5.74, 6) is -0.471. The van der Waals surface area contributed by atoms with Crippen LogP contribution in [-0.2, 0) is 20.8 Å². The Balaban J connectivity index is 1.45. The number of nitrogens with one attached hydrogen (secondary N) is 3. The Morgan fingerprint density at radius 1 is 0.868 bits per heavy atom. The number of carbonyl (C=O) groups is 3. The molecule has 0 aliphatic carbocycles. The first-order chi connectivity index (χ1) is 18.4.